The molecule has 1 aliphatic rings. The van der Waals surface area contributed by atoms with Crippen LogP contribution in [0.25, 0.3) is 0 Å². The Hall–Kier alpha value is -2.02. The number of carbonyl (C=O) groups excluding carboxylic acids is 1. The average molecular weight is 399 g/mol. The number of ether oxygens (including phenoxy) is 1. The molecule has 150 valence electrons. The molecule has 0 saturated carbocycles. The van der Waals surface area contributed by atoms with Gasteiger partial charge in [-0.05, 0) is 37.5 Å². The molecular formula is C19H28ClFN4O2. The first-order valence-electron chi connectivity index (χ1n) is 9.16. The molecule has 2 rings (SSSR count). The molecule has 1 aromatic rings. The average Bonchev–Trinajstić information content (AvgIpc) is 2.60. The fourth-order valence-corrected chi connectivity index (χ4v) is 3.51. The van der Waals surface area contributed by atoms with E-state index in [4.69, 9.17) is 22.1 Å². The van der Waals surface area contributed by atoms with Crippen molar-refractivity contribution in [1.29, 1.82) is 0 Å². The lowest BCUT2D eigenvalue weighted by atomic mass is 9.84. The highest BCUT2D eigenvalue weighted by Crippen LogP contribution is 2.30. The topological polar surface area (TPSA) is 80.0 Å². The minimum absolute atomic E-state index is 0.164. The third kappa shape index (κ3) is 5.99. The zero-order valence-electron chi connectivity index (χ0n) is 16.1. The molecule has 0 aliphatic carbocycles. The van der Waals surface area contributed by atoms with Crippen LogP contribution in [0.2, 0.25) is 5.02 Å². The number of likely N-dealkylation sites (tertiary alicyclic amines) is 1. The number of amides is 1. The van der Waals surface area contributed by atoms with Crippen LogP contribution in [0.3, 0.4) is 0 Å². The van der Waals surface area contributed by atoms with Crippen LogP contribution in [0, 0.1) is 5.82 Å². The number of nitrogens with one attached hydrogen (secondary N) is 1. The highest BCUT2D eigenvalue weighted by molar-refractivity contribution is 6.31. The lowest BCUT2D eigenvalue weighted by Crippen LogP contribution is -2.48. The van der Waals surface area contributed by atoms with Crippen LogP contribution in [0.4, 0.5) is 9.18 Å². The Morgan fingerprint density at radius 1 is 1.44 bits per heavy atom. The van der Waals surface area contributed by atoms with Gasteiger partial charge in [-0.1, -0.05) is 31.5 Å². The Labute approximate surface area is 164 Å². The molecule has 1 heterocycles. The van der Waals surface area contributed by atoms with Crippen molar-refractivity contribution in [1.82, 2.24) is 10.2 Å². The summed E-state index contributed by atoms with van der Waals surface area (Å²) in [6.07, 6.45) is 1.29. The number of hydrogen-bond donors (Lipinski definition) is 2. The Bertz CT molecular complexity index is 688. The number of hydrogen-bond acceptors (Lipinski definition) is 3. The first-order valence-corrected chi connectivity index (χ1v) is 9.54. The van der Waals surface area contributed by atoms with Gasteiger partial charge in [-0.25, -0.2) is 9.18 Å². The lowest BCUT2D eigenvalue weighted by Gasteiger charge is -2.32. The molecule has 6 nitrogen and oxygen atoms in total. The molecule has 1 aromatic carbocycles. The summed E-state index contributed by atoms with van der Waals surface area (Å²) in [6.45, 7) is 7.82. The second-order valence-corrected chi connectivity index (χ2v) is 7.72. The van der Waals surface area contributed by atoms with Crippen LogP contribution in [-0.2, 0) is 10.2 Å². The van der Waals surface area contributed by atoms with E-state index in [0.717, 1.165) is 18.4 Å². The summed E-state index contributed by atoms with van der Waals surface area (Å²) in [5, 5.41) is 3.60. The van der Waals surface area contributed by atoms with Gasteiger partial charge in [0.2, 0.25) is 0 Å². The van der Waals surface area contributed by atoms with E-state index < -0.39 is 0 Å². The molecule has 0 aromatic heterocycles. The molecule has 1 aliphatic heterocycles. The van der Waals surface area contributed by atoms with Gasteiger partial charge in [-0.3, -0.25) is 4.99 Å². The minimum Gasteiger partial charge on any atom is -0.450 e. The Balaban J connectivity index is 1.88. The van der Waals surface area contributed by atoms with Crippen LogP contribution in [0.15, 0.2) is 23.2 Å². The number of nitrogens with zero attached hydrogens (tertiary/aromatic N) is 2. The summed E-state index contributed by atoms with van der Waals surface area (Å²) in [7, 11) is 0. The molecule has 27 heavy (non-hydrogen) atoms. The Morgan fingerprint density at radius 3 is 2.70 bits per heavy atom. The molecule has 1 saturated heterocycles. The number of guanidine groups is 1. The number of piperidine rings is 1. The molecule has 0 spiro atoms. The first kappa shape index (κ1) is 21.3. The largest absolute Gasteiger partial charge is 0.450 e. The lowest BCUT2D eigenvalue weighted by molar-refractivity contribution is 0.0963. The molecule has 1 amide bonds. The number of halogens is 2. The quantitative estimate of drug-likeness (QED) is 0.589. The van der Waals surface area contributed by atoms with E-state index in [-0.39, 0.29) is 23.4 Å². The van der Waals surface area contributed by atoms with Gasteiger partial charge in [0.25, 0.3) is 0 Å². The summed E-state index contributed by atoms with van der Waals surface area (Å²) in [5.41, 5.74) is 6.47. The fourth-order valence-electron chi connectivity index (χ4n) is 3.08. The smallest absolute Gasteiger partial charge is 0.409 e. The van der Waals surface area contributed by atoms with E-state index in [1.807, 2.05) is 13.8 Å². The second-order valence-electron chi connectivity index (χ2n) is 7.31. The van der Waals surface area contributed by atoms with Gasteiger partial charge in [0, 0.05) is 29.6 Å². The molecular weight excluding hydrogens is 371 g/mol. The van der Waals surface area contributed by atoms with E-state index >= 15 is 0 Å². The zero-order valence-corrected chi connectivity index (χ0v) is 16.9. The maximum atomic E-state index is 13.3. The third-order valence-corrected chi connectivity index (χ3v) is 4.99. The van der Waals surface area contributed by atoms with E-state index in [9.17, 15) is 9.18 Å². The summed E-state index contributed by atoms with van der Waals surface area (Å²) in [6, 6.07) is 4.55. The van der Waals surface area contributed by atoms with Crippen LogP contribution < -0.4 is 11.1 Å². The van der Waals surface area contributed by atoms with Crippen LogP contribution in [0.1, 0.15) is 39.2 Å². The van der Waals surface area contributed by atoms with Crippen molar-refractivity contribution in [2.45, 2.75) is 45.1 Å². The van der Waals surface area contributed by atoms with Crippen molar-refractivity contribution < 1.29 is 13.9 Å². The predicted octanol–water partition coefficient (Wildman–Crippen LogP) is 3.28. The SMILES string of the molecule is CCOC(=O)N1CCC(NC(N)=NCC(C)(C)c2ccc(F)cc2Cl)CC1. The molecule has 0 radical (unpaired) electrons. The van der Waals surface area contributed by atoms with E-state index in [2.05, 4.69) is 10.3 Å². The molecule has 0 atom stereocenters. The van der Waals surface area contributed by atoms with Crippen molar-refractivity contribution in [3.05, 3.63) is 34.6 Å². The summed E-state index contributed by atoms with van der Waals surface area (Å²) in [4.78, 5) is 17.9. The standard InChI is InChI=1S/C19H28ClFN4O2/c1-4-27-18(26)25-9-7-14(8-10-25)24-17(22)23-12-19(2,3)15-6-5-13(21)11-16(15)20/h5-6,11,14H,4,7-10,12H2,1-3H3,(H3,22,23,24). The van der Waals surface area contributed by atoms with Crippen LogP contribution >= 0.6 is 11.6 Å². The van der Waals surface area contributed by atoms with Gasteiger partial charge in [-0.15, -0.1) is 0 Å². The molecule has 8 heteroatoms. The zero-order chi connectivity index (χ0) is 20.0. The Morgan fingerprint density at radius 2 is 2.11 bits per heavy atom. The summed E-state index contributed by atoms with van der Waals surface area (Å²) >= 11 is 6.17. The highest BCUT2D eigenvalue weighted by atomic mass is 35.5. The van der Waals surface area contributed by atoms with Gasteiger partial charge >= 0.3 is 6.09 Å². The van der Waals surface area contributed by atoms with Gasteiger partial charge in [-0.2, -0.15) is 0 Å². The van der Waals surface area contributed by atoms with Crippen molar-refractivity contribution in [3.63, 3.8) is 0 Å². The van der Waals surface area contributed by atoms with Crippen molar-refractivity contribution in [2.24, 2.45) is 10.7 Å². The molecule has 1 fully saturated rings. The molecule has 0 bridgehead atoms. The van der Waals surface area contributed by atoms with Gasteiger partial charge in [0.15, 0.2) is 5.96 Å². The van der Waals surface area contributed by atoms with Crippen LogP contribution in [-0.4, -0.2) is 49.2 Å². The first-order chi connectivity index (χ1) is 12.7. The van der Waals surface area contributed by atoms with E-state index in [0.29, 0.717) is 37.2 Å². The predicted molar refractivity (Wildman–Crippen MR) is 106 cm³/mol. The van der Waals surface area contributed by atoms with Gasteiger partial charge in [0.05, 0.1) is 13.2 Å². The second kappa shape index (κ2) is 9.26. The Kier molecular flexibility index (Phi) is 7.30. The molecule has 0 unspecified atom stereocenters. The number of aliphatic imine (C=N–C) groups is 1. The maximum absolute atomic E-state index is 13.3. The number of nitrogens with two attached hydrogens (primary N) is 1. The van der Waals surface area contributed by atoms with Gasteiger partial charge < -0.3 is 20.7 Å². The summed E-state index contributed by atoms with van der Waals surface area (Å²) < 4.78 is 18.3. The molecule has 3 N–H and O–H groups in total. The maximum Gasteiger partial charge on any atom is 0.409 e. The monoisotopic (exact) mass is 398 g/mol. The highest BCUT2D eigenvalue weighted by Gasteiger charge is 2.25. The number of carbonyl (C=O) groups is 1. The van der Waals surface area contributed by atoms with E-state index in [1.165, 1.54) is 12.1 Å². The summed E-state index contributed by atoms with van der Waals surface area (Å²) in [5.74, 6) is -0.00529. The van der Waals surface area contributed by atoms with Crippen molar-refractivity contribution >= 4 is 23.7 Å². The normalized spacial score (nSPS) is 16.3. The third-order valence-electron chi connectivity index (χ3n) is 4.68. The minimum atomic E-state index is -0.385. The van der Waals surface area contributed by atoms with Crippen molar-refractivity contribution in [3.8, 4) is 0 Å². The van der Waals surface area contributed by atoms with Gasteiger partial charge in [0.1, 0.15) is 5.82 Å². The number of rotatable bonds is 5. The van der Waals surface area contributed by atoms with E-state index in [1.54, 1.807) is 17.9 Å². The number of benzene rings is 1. The van der Waals surface area contributed by atoms with Crippen LogP contribution in [0.5, 0.6) is 0 Å². The fraction of sp³-hybridized carbons (Fsp3) is 0.579. The van der Waals surface area contributed by atoms with Crippen molar-refractivity contribution in [2.75, 3.05) is 26.2 Å².